The van der Waals surface area contributed by atoms with E-state index in [1.54, 1.807) is 0 Å². The van der Waals surface area contributed by atoms with Crippen LogP contribution in [0.15, 0.2) is 24.3 Å². The third-order valence-corrected chi connectivity index (χ3v) is 3.60. The van der Waals surface area contributed by atoms with Crippen LogP contribution >= 0.6 is 0 Å². The quantitative estimate of drug-likeness (QED) is 0.687. The summed E-state index contributed by atoms with van der Waals surface area (Å²) in [7, 11) is 0. The monoisotopic (exact) mass is 249 g/mol. The number of aryl methyl sites for hydroxylation is 1. The number of aliphatic hydroxyl groups is 1. The standard InChI is InChI=1S/C14H19NO3/c16-10-4-9-15-14(13(17)18)8-3-6-11-5-1-2-7-12(11)14/h1-2,5,7,15-16H,3-4,6,8-10H2,(H,17,18). The summed E-state index contributed by atoms with van der Waals surface area (Å²) in [6.07, 6.45) is 2.98. The smallest absolute Gasteiger partial charge is 0.328 e. The molecule has 0 saturated heterocycles. The Balaban J connectivity index is 2.33. The third kappa shape index (κ3) is 2.26. The highest BCUT2D eigenvalue weighted by Crippen LogP contribution is 2.35. The van der Waals surface area contributed by atoms with E-state index in [0.29, 0.717) is 19.4 Å². The molecule has 0 aromatic heterocycles. The highest BCUT2D eigenvalue weighted by atomic mass is 16.4. The van der Waals surface area contributed by atoms with Gasteiger partial charge in [-0.1, -0.05) is 24.3 Å². The van der Waals surface area contributed by atoms with Crippen molar-refractivity contribution in [1.82, 2.24) is 5.32 Å². The van der Waals surface area contributed by atoms with Gasteiger partial charge in [-0.2, -0.15) is 0 Å². The molecular formula is C14H19NO3. The van der Waals surface area contributed by atoms with Crippen LogP contribution < -0.4 is 5.32 Å². The van der Waals surface area contributed by atoms with E-state index < -0.39 is 11.5 Å². The van der Waals surface area contributed by atoms with Crippen LogP contribution in [-0.2, 0) is 16.8 Å². The summed E-state index contributed by atoms with van der Waals surface area (Å²) in [5.41, 5.74) is 1.01. The van der Waals surface area contributed by atoms with Crippen molar-refractivity contribution < 1.29 is 15.0 Å². The Kier molecular flexibility index (Phi) is 3.99. The predicted octanol–water partition coefficient (Wildman–Crippen LogP) is 1.27. The third-order valence-electron chi connectivity index (χ3n) is 3.60. The molecule has 0 bridgehead atoms. The molecule has 0 heterocycles. The van der Waals surface area contributed by atoms with E-state index in [2.05, 4.69) is 5.32 Å². The second kappa shape index (κ2) is 5.50. The van der Waals surface area contributed by atoms with Gasteiger partial charge in [-0.25, -0.2) is 4.79 Å². The SMILES string of the molecule is O=C(O)C1(NCCCO)CCCc2ccccc21. The highest BCUT2D eigenvalue weighted by Gasteiger charge is 2.42. The minimum Gasteiger partial charge on any atom is -0.480 e. The molecule has 4 nitrogen and oxygen atoms in total. The van der Waals surface area contributed by atoms with E-state index in [0.717, 1.165) is 24.0 Å². The predicted molar refractivity (Wildman–Crippen MR) is 68.4 cm³/mol. The Bertz CT molecular complexity index is 433. The molecule has 0 amide bonds. The number of rotatable bonds is 5. The second-order valence-electron chi connectivity index (χ2n) is 4.73. The van der Waals surface area contributed by atoms with Crippen molar-refractivity contribution in [3.8, 4) is 0 Å². The number of aliphatic hydroxyl groups excluding tert-OH is 1. The average molecular weight is 249 g/mol. The maximum Gasteiger partial charge on any atom is 0.328 e. The first kappa shape index (κ1) is 13.1. The van der Waals surface area contributed by atoms with Crippen molar-refractivity contribution in [1.29, 1.82) is 0 Å². The number of carboxylic acids is 1. The molecule has 1 aromatic rings. The van der Waals surface area contributed by atoms with E-state index >= 15 is 0 Å². The zero-order valence-electron chi connectivity index (χ0n) is 10.4. The summed E-state index contributed by atoms with van der Waals surface area (Å²) in [4.78, 5) is 11.7. The topological polar surface area (TPSA) is 69.6 Å². The van der Waals surface area contributed by atoms with Crippen LogP contribution in [0, 0.1) is 0 Å². The van der Waals surface area contributed by atoms with E-state index in [4.69, 9.17) is 5.11 Å². The molecule has 1 aliphatic carbocycles. The van der Waals surface area contributed by atoms with Gasteiger partial charge in [-0.3, -0.25) is 5.32 Å². The molecule has 4 heteroatoms. The van der Waals surface area contributed by atoms with E-state index in [1.165, 1.54) is 0 Å². The number of benzene rings is 1. The van der Waals surface area contributed by atoms with Gasteiger partial charge in [0, 0.05) is 6.61 Å². The number of nitrogens with one attached hydrogen (secondary N) is 1. The lowest BCUT2D eigenvalue weighted by atomic mass is 9.76. The number of hydrogen-bond acceptors (Lipinski definition) is 3. The first-order valence-electron chi connectivity index (χ1n) is 6.38. The second-order valence-corrected chi connectivity index (χ2v) is 4.73. The summed E-state index contributed by atoms with van der Waals surface area (Å²) in [5, 5.41) is 21.6. The number of aliphatic carboxylic acids is 1. The van der Waals surface area contributed by atoms with Gasteiger partial charge in [0.1, 0.15) is 5.54 Å². The fourth-order valence-electron chi connectivity index (χ4n) is 2.70. The van der Waals surface area contributed by atoms with Gasteiger partial charge in [0.25, 0.3) is 0 Å². The molecule has 0 aliphatic heterocycles. The molecule has 3 N–H and O–H groups in total. The molecular weight excluding hydrogens is 230 g/mol. The lowest BCUT2D eigenvalue weighted by Gasteiger charge is -2.36. The van der Waals surface area contributed by atoms with Crippen LogP contribution in [0.2, 0.25) is 0 Å². The first-order chi connectivity index (χ1) is 8.70. The first-order valence-corrected chi connectivity index (χ1v) is 6.38. The lowest BCUT2D eigenvalue weighted by molar-refractivity contribution is -0.146. The van der Waals surface area contributed by atoms with Crippen LogP contribution in [-0.4, -0.2) is 29.3 Å². The Morgan fingerprint density at radius 3 is 2.89 bits per heavy atom. The molecule has 1 aliphatic rings. The average Bonchev–Trinajstić information content (AvgIpc) is 2.39. The van der Waals surface area contributed by atoms with Crippen LogP contribution in [0.1, 0.15) is 30.4 Å². The fraction of sp³-hybridized carbons (Fsp3) is 0.500. The van der Waals surface area contributed by atoms with Crippen molar-refractivity contribution in [2.75, 3.05) is 13.2 Å². The summed E-state index contributed by atoms with van der Waals surface area (Å²) >= 11 is 0. The summed E-state index contributed by atoms with van der Waals surface area (Å²) in [6.45, 7) is 0.585. The Hall–Kier alpha value is -1.39. The van der Waals surface area contributed by atoms with Gasteiger partial charge in [0.2, 0.25) is 0 Å². The highest BCUT2D eigenvalue weighted by molar-refractivity contribution is 5.81. The Morgan fingerprint density at radius 2 is 2.17 bits per heavy atom. The van der Waals surface area contributed by atoms with Crippen molar-refractivity contribution in [2.24, 2.45) is 0 Å². The van der Waals surface area contributed by atoms with Crippen LogP contribution in [0.3, 0.4) is 0 Å². The molecule has 0 fully saturated rings. The molecule has 1 atom stereocenters. The van der Waals surface area contributed by atoms with Crippen molar-refractivity contribution in [2.45, 2.75) is 31.2 Å². The Labute approximate surface area is 107 Å². The molecule has 0 radical (unpaired) electrons. The van der Waals surface area contributed by atoms with Crippen molar-refractivity contribution >= 4 is 5.97 Å². The minimum absolute atomic E-state index is 0.0738. The summed E-state index contributed by atoms with van der Waals surface area (Å²) in [6, 6.07) is 7.73. The van der Waals surface area contributed by atoms with Gasteiger partial charge in [-0.05, 0) is 43.4 Å². The van der Waals surface area contributed by atoms with E-state index in [9.17, 15) is 9.90 Å². The van der Waals surface area contributed by atoms with E-state index in [1.807, 2.05) is 24.3 Å². The van der Waals surface area contributed by atoms with Gasteiger partial charge >= 0.3 is 5.97 Å². The molecule has 0 saturated carbocycles. The van der Waals surface area contributed by atoms with Crippen LogP contribution in [0.25, 0.3) is 0 Å². The van der Waals surface area contributed by atoms with Crippen molar-refractivity contribution in [3.63, 3.8) is 0 Å². The molecule has 1 aromatic carbocycles. The summed E-state index contributed by atoms with van der Waals surface area (Å²) < 4.78 is 0. The molecule has 2 rings (SSSR count). The molecule has 18 heavy (non-hydrogen) atoms. The Morgan fingerprint density at radius 1 is 1.39 bits per heavy atom. The van der Waals surface area contributed by atoms with Gasteiger partial charge in [0.05, 0.1) is 0 Å². The lowest BCUT2D eigenvalue weighted by Crippen LogP contribution is -2.51. The molecule has 1 unspecified atom stereocenters. The number of carbonyl (C=O) groups is 1. The maximum atomic E-state index is 11.7. The maximum absolute atomic E-state index is 11.7. The largest absolute Gasteiger partial charge is 0.480 e. The zero-order valence-corrected chi connectivity index (χ0v) is 10.4. The van der Waals surface area contributed by atoms with Crippen LogP contribution in [0.4, 0.5) is 0 Å². The molecule has 98 valence electrons. The number of hydrogen-bond donors (Lipinski definition) is 3. The number of fused-ring (bicyclic) bond motifs is 1. The van der Waals surface area contributed by atoms with Crippen LogP contribution in [0.5, 0.6) is 0 Å². The normalized spacial score (nSPS) is 22.5. The van der Waals surface area contributed by atoms with Gasteiger partial charge < -0.3 is 10.2 Å². The molecule has 0 spiro atoms. The van der Waals surface area contributed by atoms with Gasteiger partial charge in [-0.15, -0.1) is 0 Å². The number of carboxylic acid groups (broad SMARTS) is 1. The van der Waals surface area contributed by atoms with Gasteiger partial charge in [0.15, 0.2) is 0 Å². The fourth-order valence-corrected chi connectivity index (χ4v) is 2.70. The summed E-state index contributed by atoms with van der Waals surface area (Å²) in [5.74, 6) is -0.826. The van der Waals surface area contributed by atoms with E-state index in [-0.39, 0.29) is 6.61 Å². The zero-order chi connectivity index (χ0) is 13.0. The van der Waals surface area contributed by atoms with Crippen molar-refractivity contribution in [3.05, 3.63) is 35.4 Å². The minimum atomic E-state index is -0.982.